The van der Waals surface area contributed by atoms with Gasteiger partial charge in [-0.2, -0.15) is 4.98 Å². The number of halogens is 1. The number of aromatic nitrogens is 4. The Labute approximate surface area is 76.0 Å². The van der Waals surface area contributed by atoms with Crippen molar-refractivity contribution in [1.82, 2.24) is 20.1 Å². The Morgan fingerprint density at radius 3 is 2.92 bits per heavy atom. The van der Waals surface area contributed by atoms with E-state index in [-0.39, 0.29) is 0 Å². The highest BCUT2D eigenvalue weighted by Crippen LogP contribution is 2.14. The van der Waals surface area contributed by atoms with Crippen LogP contribution in [0.2, 0.25) is 0 Å². The molecule has 2 aromatic heterocycles. The van der Waals surface area contributed by atoms with Crippen molar-refractivity contribution in [3.63, 3.8) is 0 Å². The van der Waals surface area contributed by atoms with E-state index in [0.29, 0.717) is 16.3 Å². The topological polar surface area (TPSA) is 64.7 Å². The molecule has 0 bridgehead atoms. The minimum Gasteiger partial charge on any atom is -0.331 e. The maximum absolute atomic E-state index is 4.85. The van der Waals surface area contributed by atoms with Gasteiger partial charge in [0.2, 0.25) is 4.73 Å². The highest BCUT2D eigenvalue weighted by molar-refractivity contribution is 9.10. The third-order valence-corrected chi connectivity index (χ3v) is 1.52. The SMILES string of the molecule is Brc1noc(-c2ccncn2)n1. The predicted octanol–water partition coefficient (Wildman–Crippen LogP) is 1.29. The van der Waals surface area contributed by atoms with Gasteiger partial charge in [0.05, 0.1) is 0 Å². The van der Waals surface area contributed by atoms with Crippen molar-refractivity contribution in [2.45, 2.75) is 0 Å². The molecule has 0 amide bonds. The summed E-state index contributed by atoms with van der Waals surface area (Å²) in [7, 11) is 0. The fourth-order valence-electron chi connectivity index (χ4n) is 0.727. The van der Waals surface area contributed by atoms with E-state index in [2.05, 4.69) is 36.0 Å². The fourth-order valence-corrected chi connectivity index (χ4v) is 0.960. The quantitative estimate of drug-likeness (QED) is 0.734. The van der Waals surface area contributed by atoms with Crippen LogP contribution in [0.5, 0.6) is 0 Å². The van der Waals surface area contributed by atoms with E-state index in [4.69, 9.17) is 4.52 Å². The van der Waals surface area contributed by atoms with Gasteiger partial charge in [-0.25, -0.2) is 9.97 Å². The summed E-state index contributed by atoms with van der Waals surface area (Å²) in [4.78, 5) is 11.6. The summed E-state index contributed by atoms with van der Waals surface area (Å²) < 4.78 is 5.27. The molecule has 0 atom stereocenters. The second kappa shape index (κ2) is 2.98. The Bertz CT molecular complexity index is 374. The van der Waals surface area contributed by atoms with Gasteiger partial charge in [0.25, 0.3) is 5.89 Å². The molecule has 12 heavy (non-hydrogen) atoms. The zero-order valence-corrected chi connectivity index (χ0v) is 7.39. The molecule has 2 aromatic rings. The summed E-state index contributed by atoms with van der Waals surface area (Å²) >= 11 is 3.07. The van der Waals surface area contributed by atoms with Gasteiger partial charge in [-0.1, -0.05) is 0 Å². The van der Waals surface area contributed by atoms with Crippen molar-refractivity contribution in [2.24, 2.45) is 0 Å². The number of hydrogen-bond acceptors (Lipinski definition) is 5. The number of rotatable bonds is 1. The first-order valence-corrected chi connectivity index (χ1v) is 3.91. The number of nitrogens with zero attached hydrogens (tertiary/aromatic N) is 4. The molecule has 0 saturated heterocycles. The molecule has 2 rings (SSSR count). The predicted molar refractivity (Wildman–Crippen MR) is 43.0 cm³/mol. The normalized spacial score (nSPS) is 10.1. The smallest absolute Gasteiger partial charge is 0.277 e. The highest BCUT2D eigenvalue weighted by atomic mass is 79.9. The second-order valence-corrected chi connectivity index (χ2v) is 2.67. The Kier molecular flexibility index (Phi) is 1.83. The molecule has 0 aromatic carbocycles. The van der Waals surface area contributed by atoms with Crippen LogP contribution in [0.4, 0.5) is 0 Å². The summed E-state index contributed by atoms with van der Waals surface area (Å²) in [5, 5.41) is 3.56. The summed E-state index contributed by atoms with van der Waals surface area (Å²) in [5.74, 6) is 0.379. The van der Waals surface area contributed by atoms with Crippen LogP contribution in [0.1, 0.15) is 0 Å². The van der Waals surface area contributed by atoms with Crippen molar-refractivity contribution in [2.75, 3.05) is 0 Å². The molecule has 60 valence electrons. The largest absolute Gasteiger partial charge is 0.331 e. The average Bonchev–Trinajstić information content (AvgIpc) is 2.54. The van der Waals surface area contributed by atoms with Crippen molar-refractivity contribution in [3.05, 3.63) is 23.3 Å². The van der Waals surface area contributed by atoms with Crippen LogP contribution < -0.4 is 0 Å². The lowest BCUT2D eigenvalue weighted by Gasteiger charge is -1.87. The lowest BCUT2D eigenvalue weighted by molar-refractivity contribution is 0.425. The first kappa shape index (κ1) is 7.35. The lowest BCUT2D eigenvalue weighted by atomic mass is 10.4. The van der Waals surface area contributed by atoms with Gasteiger partial charge >= 0.3 is 0 Å². The minimum absolute atomic E-state index is 0.379. The summed E-state index contributed by atoms with van der Waals surface area (Å²) in [6.07, 6.45) is 3.04. The summed E-state index contributed by atoms with van der Waals surface area (Å²) in [5.41, 5.74) is 0.614. The Morgan fingerprint density at radius 2 is 2.33 bits per heavy atom. The van der Waals surface area contributed by atoms with Crippen LogP contribution in [0.15, 0.2) is 27.8 Å². The van der Waals surface area contributed by atoms with Crippen molar-refractivity contribution >= 4 is 15.9 Å². The molecule has 0 saturated carbocycles. The van der Waals surface area contributed by atoms with Gasteiger partial charge in [-0.3, -0.25) is 0 Å². The molecule has 0 radical (unpaired) electrons. The fraction of sp³-hybridized carbons (Fsp3) is 0. The van der Waals surface area contributed by atoms with Gasteiger partial charge in [-0.15, -0.1) is 0 Å². The van der Waals surface area contributed by atoms with E-state index in [1.165, 1.54) is 6.33 Å². The molecule has 0 aliphatic heterocycles. The van der Waals surface area contributed by atoms with Gasteiger partial charge in [0, 0.05) is 6.20 Å². The van der Waals surface area contributed by atoms with E-state index < -0.39 is 0 Å². The maximum atomic E-state index is 4.85. The van der Waals surface area contributed by atoms with Crippen LogP contribution >= 0.6 is 15.9 Å². The first-order chi connectivity index (χ1) is 5.86. The summed E-state index contributed by atoms with van der Waals surface area (Å²) in [6.45, 7) is 0. The molecular weight excluding hydrogens is 224 g/mol. The zero-order chi connectivity index (χ0) is 8.39. The molecule has 6 heteroatoms. The van der Waals surface area contributed by atoms with Crippen molar-refractivity contribution < 1.29 is 4.52 Å². The van der Waals surface area contributed by atoms with Gasteiger partial charge < -0.3 is 4.52 Å². The van der Waals surface area contributed by atoms with E-state index in [9.17, 15) is 0 Å². The lowest BCUT2D eigenvalue weighted by Crippen LogP contribution is -1.82. The van der Waals surface area contributed by atoms with Crippen LogP contribution in [0.25, 0.3) is 11.6 Å². The molecule has 0 spiro atoms. The van der Waals surface area contributed by atoms with Crippen molar-refractivity contribution in [1.29, 1.82) is 0 Å². The summed E-state index contributed by atoms with van der Waals surface area (Å²) in [6, 6.07) is 1.69. The van der Waals surface area contributed by atoms with E-state index in [0.717, 1.165) is 0 Å². The zero-order valence-electron chi connectivity index (χ0n) is 5.81. The highest BCUT2D eigenvalue weighted by Gasteiger charge is 2.06. The van der Waals surface area contributed by atoms with E-state index in [1.54, 1.807) is 12.3 Å². The molecule has 0 fully saturated rings. The molecule has 0 aliphatic carbocycles. The van der Waals surface area contributed by atoms with Gasteiger partial charge in [0.1, 0.15) is 12.0 Å². The number of hydrogen-bond donors (Lipinski definition) is 0. The molecule has 0 N–H and O–H groups in total. The van der Waals surface area contributed by atoms with Crippen LogP contribution in [-0.2, 0) is 0 Å². The molecule has 0 aliphatic rings. The third kappa shape index (κ3) is 1.33. The Hall–Kier alpha value is -1.30. The van der Waals surface area contributed by atoms with Crippen LogP contribution in [0, 0.1) is 0 Å². The molecule has 5 nitrogen and oxygen atoms in total. The second-order valence-electron chi connectivity index (χ2n) is 1.96. The van der Waals surface area contributed by atoms with Gasteiger partial charge in [0.15, 0.2) is 0 Å². The van der Waals surface area contributed by atoms with Crippen LogP contribution in [-0.4, -0.2) is 20.1 Å². The Balaban J connectivity index is 2.45. The average molecular weight is 227 g/mol. The molecular formula is C6H3BrN4O. The third-order valence-electron chi connectivity index (χ3n) is 1.20. The van der Waals surface area contributed by atoms with Crippen LogP contribution in [0.3, 0.4) is 0 Å². The van der Waals surface area contributed by atoms with E-state index in [1.807, 2.05) is 0 Å². The van der Waals surface area contributed by atoms with Crippen molar-refractivity contribution in [3.8, 4) is 11.6 Å². The standard InChI is InChI=1S/C6H3BrN4O/c7-6-10-5(12-11-6)4-1-2-8-3-9-4/h1-3H. The maximum Gasteiger partial charge on any atom is 0.277 e. The first-order valence-electron chi connectivity index (χ1n) is 3.12. The monoisotopic (exact) mass is 226 g/mol. The molecule has 2 heterocycles. The minimum atomic E-state index is 0.379. The van der Waals surface area contributed by atoms with E-state index >= 15 is 0 Å². The molecule has 0 unspecified atom stereocenters. The van der Waals surface area contributed by atoms with Gasteiger partial charge in [-0.05, 0) is 27.2 Å². The Morgan fingerprint density at radius 1 is 1.42 bits per heavy atom.